The lowest BCUT2D eigenvalue weighted by molar-refractivity contribution is -0.130. The molecular formula is C28H32ClFN4O4. The summed E-state index contributed by atoms with van der Waals surface area (Å²) in [5, 5.41) is 9.80. The van der Waals surface area contributed by atoms with Crippen LogP contribution in [0.2, 0.25) is 5.02 Å². The number of aliphatic hydroxyl groups excluding tert-OH is 1. The first-order valence-electron chi connectivity index (χ1n) is 12.4. The number of pyridine rings is 1. The van der Waals surface area contributed by atoms with Crippen molar-refractivity contribution in [1.29, 1.82) is 0 Å². The third-order valence-electron chi connectivity index (χ3n) is 5.53. The molecule has 3 N–H and O–H groups in total. The molecule has 10 heteroatoms. The lowest BCUT2D eigenvalue weighted by Crippen LogP contribution is -2.42. The fraction of sp³-hybridized carbons (Fsp3) is 0.321. The number of benzene rings is 1. The maximum absolute atomic E-state index is 14.9. The van der Waals surface area contributed by atoms with Crippen LogP contribution in [0.5, 0.6) is 11.5 Å². The van der Waals surface area contributed by atoms with Crippen LogP contribution in [0.4, 0.5) is 10.1 Å². The number of aromatic nitrogens is 1. The van der Waals surface area contributed by atoms with Gasteiger partial charge in [0.05, 0.1) is 23.5 Å². The zero-order chi connectivity index (χ0) is 27.7. The SMILES string of the molecule is CC.CC(CO)Oc1cc(OC2=CC=C(C(=O)N3CCC3)CC=C2F)cc(C(N)=Nc2cncc(Cl)c2)c1. The maximum atomic E-state index is 14.9. The summed E-state index contributed by atoms with van der Waals surface area (Å²) in [6, 6.07) is 6.38. The number of amides is 1. The van der Waals surface area contributed by atoms with Crippen molar-refractivity contribution in [2.24, 2.45) is 10.7 Å². The summed E-state index contributed by atoms with van der Waals surface area (Å²) in [5.74, 6) is -0.0581. The molecule has 38 heavy (non-hydrogen) atoms. The Hall–Kier alpha value is -3.69. The van der Waals surface area contributed by atoms with Crippen molar-refractivity contribution in [3.63, 3.8) is 0 Å². The Morgan fingerprint density at radius 2 is 1.95 bits per heavy atom. The third-order valence-corrected chi connectivity index (χ3v) is 5.74. The van der Waals surface area contributed by atoms with Gasteiger partial charge in [-0.05, 0) is 56.2 Å². The molecule has 1 saturated heterocycles. The molecule has 1 fully saturated rings. The van der Waals surface area contributed by atoms with Crippen LogP contribution in [0.1, 0.15) is 39.2 Å². The number of hydrogen-bond acceptors (Lipinski definition) is 6. The molecule has 1 amide bonds. The summed E-state index contributed by atoms with van der Waals surface area (Å²) in [4.78, 5) is 22.6. The second kappa shape index (κ2) is 13.7. The Balaban J connectivity index is 0.00000195. The predicted octanol–water partition coefficient (Wildman–Crippen LogP) is 5.24. The zero-order valence-electron chi connectivity index (χ0n) is 21.7. The zero-order valence-corrected chi connectivity index (χ0v) is 22.4. The van der Waals surface area contributed by atoms with Crippen molar-refractivity contribution in [1.82, 2.24) is 9.88 Å². The van der Waals surface area contributed by atoms with Gasteiger partial charge in [0.1, 0.15) is 23.4 Å². The monoisotopic (exact) mass is 542 g/mol. The molecule has 2 aliphatic rings. The van der Waals surface area contributed by atoms with Crippen LogP contribution in [-0.2, 0) is 4.79 Å². The lowest BCUT2D eigenvalue weighted by Gasteiger charge is -2.31. The highest BCUT2D eigenvalue weighted by atomic mass is 35.5. The van der Waals surface area contributed by atoms with E-state index in [9.17, 15) is 14.3 Å². The van der Waals surface area contributed by atoms with Gasteiger partial charge in [0.2, 0.25) is 5.91 Å². The summed E-state index contributed by atoms with van der Waals surface area (Å²) < 4.78 is 26.4. The predicted molar refractivity (Wildman–Crippen MR) is 146 cm³/mol. The van der Waals surface area contributed by atoms with Crippen molar-refractivity contribution < 1.29 is 23.8 Å². The Kier molecular flexibility index (Phi) is 10.4. The molecule has 1 aliphatic carbocycles. The van der Waals surface area contributed by atoms with E-state index in [0.29, 0.717) is 40.7 Å². The Labute approximate surface area is 226 Å². The molecular weight excluding hydrogens is 511 g/mol. The van der Waals surface area contributed by atoms with Crippen molar-refractivity contribution in [2.75, 3.05) is 19.7 Å². The normalized spacial score (nSPS) is 16.0. The third kappa shape index (κ3) is 7.66. The van der Waals surface area contributed by atoms with E-state index in [-0.39, 0.29) is 36.3 Å². The second-order valence-corrected chi connectivity index (χ2v) is 8.83. The molecule has 0 radical (unpaired) electrons. The molecule has 0 spiro atoms. The molecule has 2 aromatic rings. The number of aliphatic imine (C=N–C) groups is 1. The number of carbonyl (C=O) groups excluding carboxylic acids is 1. The van der Waals surface area contributed by atoms with Gasteiger partial charge in [0.15, 0.2) is 11.6 Å². The van der Waals surface area contributed by atoms with E-state index in [1.54, 1.807) is 42.2 Å². The summed E-state index contributed by atoms with van der Waals surface area (Å²) in [6.07, 6.45) is 7.96. The van der Waals surface area contributed by atoms with Crippen molar-refractivity contribution in [3.05, 3.63) is 82.6 Å². The molecule has 2 heterocycles. The second-order valence-electron chi connectivity index (χ2n) is 8.39. The average Bonchev–Trinajstić information content (AvgIpc) is 3.05. The number of nitrogens with zero attached hydrogens (tertiary/aromatic N) is 3. The summed E-state index contributed by atoms with van der Waals surface area (Å²) in [6.45, 7) is 6.91. The average molecular weight is 543 g/mol. The topological polar surface area (TPSA) is 110 Å². The number of amidine groups is 1. The highest BCUT2D eigenvalue weighted by Gasteiger charge is 2.24. The molecule has 8 nitrogen and oxygen atoms in total. The minimum absolute atomic E-state index is 0.0609. The van der Waals surface area contributed by atoms with Crippen molar-refractivity contribution in [2.45, 2.75) is 39.7 Å². The number of nitrogens with two attached hydrogens (primary N) is 1. The van der Waals surface area contributed by atoms with E-state index in [1.807, 2.05) is 13.8 Å². The van der Waals surface area contributed by atoms with Crippen molar-refractivity contribution >= 4 is 29.0 Å². The van der Waals surface area contributed by atoms with Crippen LogP contribution in [0.15, 0.2) is 77.0 Å². The number of hydrogen-bond donors (Lipinski definition) is 2. The fourth-order valence-electron chi connectivity index (χ4n) is 3.50. The Morgan fingerprint density at radius 3 is 2.61 bits per heavy atom. The molecule has 1 atom stereocenters. The van der Waals surface area contributed by atoms with Gasteiger partial charge >= 0.3 is 0 Å². The van der Waals surface area contributed by atoms with Gasteiger partial charge in [0.25, 0.3) is 0 Å². The quantitative estimate of drug-likeness (QED) is 0.349. The number of aliphatic hydroxyl groups is 1. The summed E-state index contributed by atoms with van der Waals surface area (Å²) >= 11 is 5.98. The van der Waals surface area contributed by atoms with Crippen LogP contribution < -0.4 is 15.2 Å². The maximum Gasteiger partial charge on any atom is 0.250 e. The molecule has 1 aromatic carbocycles. The van der Waals surface area contributed by atoms with E-state index in [1.165, 1.54) is 24.5 Å². The van der Waals surface area contributed by atoms with Crippen LogP contribution in [-0.4, -0.2) is 52.5 Å². The molecule has 202 valence electrons. The van der Waals surface area contributed by atoms with Crippen LogP contribution in [0.3, 0.4) is 0 Å². The molecule has 0 saturated carbocycles. The Bertz CT molecular complexity index is 1270. The number of halogens is 2. The van der Waals surface area contributed by atoms with Gasteiger partial charge in [-0.3, -0.25) is 9.78 Å². The van der Waals surface area contributed by atoms with E-state index in [0.717, 1.165) is 6.42 Å². The van der Waals surface area contributed by atoms with Crippen LogP contribution in [0, 0.1) is 0 Å². The van der Waals surface area contributed by atoms with Gasteiger partial charge in [-0.25, -0.2) is 9.38 Å². The van der Waals surface area contributed by atoms with Gasteiger partial charge in [-0.1, -0.05) is 25.4 Å². The minimum Gasteiger partial charge on any atom is -0.488 e. The van der Waals surface area contributed by atoms with Gasteiger partial charge in [-0.2, -0.15) is 0 Å². The van der Waals surface area contributed by atoms with Crippen LogP contribution in [0.25, 0.3) is 0 Å². The number of likely N-dealkylation sites (tertiary alicyclic amines) is 1. The van der Waals surface area contributed by atoms with Crippen LogP contribution >= 0.6 is 11.6 Å². The molecule has 1 unspecified atom stereocenters. The highest BCUT2D eigenvalue weighted by Crippen LogP contribution is 2.30. The van der Waals surface area contributed by atoms with E-state index < -0.39 is 11.9 Å². The minimum atomic E-state index is -0.596. The number of ether oxygens (including phenoxy) is 2. The standard InChI is InChI=1S/C26H26ClFN4O4.C2H6/c1-16(15-33)35-21-9-18(25(29)31-20-11-19(27)13-30-14-20)10-22(12-21)36-24-6-4-17(3-5-23(24)28)26(34)32-7-2-8-32;1-2/h4-6,9-14,16,33H,2-3,7-8,15H2,1H3,(H2,29,31);1-2H3. The molecule has 1 aromatic heterocycles. The van der Waals surface area contributed by atoms with E-state index in [4.69, 9.17) is 26.8 Å². The first kappa shape index (κ1) is 28.9. The largest absolute Gasteiger partial charge is 0.488 e. The highest BCUT2D eigenvalue weighted by molar-refractivity contribution is 6.30. The van der Waals surface area contributed by atoms with Crippen molar-refractivity contribution in [3.8, 4) is 11.5 Å². The molecule has 0 bridgehead atoms. The Morgan fingerprint density at radius 1 is 1.21 bits per heavy atom. The summed E-state index contributed by atoms with van der Waals surface area (Å²) in [7, 11) is 0. The van der Waals surface area contributed by atoms with Gasteiger partial charge in [0, 0.05) is 36.5 Å². The number of carbonyl (C=O) groups is 1. The van der Waals surface area contributed by atoms with E-state index >= 15 is 0 Å². The smallest absolute Gasteiger partial charge is 0.250 e. The first-order chi connectivity index (χ1) is 18.3. The van der Waals surface area contributed by atoms with Gasteiger partial charge < -0.3 is 25.2 Å². The van der Waals surface area contributed by atoms with E-state index in [2.05, 4.69) is 9.98 Å². The number of rotatable bonds is 8. The fourth-order valence-corrected chi connectivity index (χ4v) is 3.66. The summed E-state index contributed by atoms with van der Waals surface area (Å²) in [5.41, 5.74) is 7.61. The van der Waals surface area contributed by atoms with Gasteiger partial charge in [-0.15, -0.1) is 0 Å². The number of allylic oxidation sites excluding steroid dienone is 4. The first-order valence-corrected chi connectivity index (χ1v) is 12.8. The lowest BCUT2D eigenvalue weighted by atomic mass is 10.1. The molecule has 1 aliphatic heterocycles. The molecule has 4 rings (SSSR count).